The van der Waals surface area contributed by atoms with Crippen molar-refractivity contribution in [2.24, 2.45) is 5.10 Å². The molecular weight excluding hydrogens is 435 g/mol. The summed E-state index contributed by atoms with van der Waals surface area (Å²) in [6, 6.07) is 16.7. The molecule has 152 valence electrons. The van der Waals surface area contributed by atoms with Gasteiger partial charge in [-0.1, -0.05) is 59.6 Å². The summed E-state index contributed by atoms with van der Waals surface area (Å²) >= 11 is 12.1. The normalized spacial score (nSPS) is 11.7. The third-order valence-corrected chi connectivity index (χ3v) is 5.45. The molecule has 8 heteroatoms. The Bertz CT molecular complexity index is 1540. The fourth-order valence-electron chi connectivity index (χ4n) is 3.37. The zero-order valence-electron chi connectivity index (χ0n) is 16.2. The highest BCUT2D eigenvalue weighted by Crippen LogP contribution is 2.30. The van der Waals surface area contributed by atoms with Crippen LogP contribution in [0.2, 0.25) is 10.0 Å². The highest BCUT2D eigenvalue weighted by Gasteiger charge is 2.17. The number of fused-ring (bicyclic) bond motifs is 3. The lowest BCUT2D eigenvalue weighted by Gasteiger charge is -2.02. The molecule has 0 atom stereocenters. The zero-order valence-corrected chi connectivity index (χ0v) is 17.7. The van der Waals surface area contributed by atoms with E-state index in [1.165, 1.54) is 12.5 Å². The molecule has 0 saturated heterocycles. The Morgan fingerprint density at radius 3 is 2.68 bits per heavy atom. The average molecular weight is 449 g/mol. The van der Waals surface area contributed by atoms with E-state index in [4.69, 9.17) is 27.6 Å². The predicted octanol–water partition coefficient (Wildman–Crippen LogP) is 5.70. The molecule has 0 unspecified atom stereocenters. The topological polar surface area (TPSA) is 73.3 Å². The average Bonchev–Trinajstić information content (AvgIpc) is 3.15. The third-order valence-electron chi connectivity index (χ3n) is 4.89. The van der Waals surface area contributed by atoms with Crippen LogP contribution in [0.15, 0.2) is 75.2 Å². The van der Waals surface area contributed by atoms with Gasteiger partial charge in [0.1, 0.15) is 11.8 Å². The first-order chi connectivity index (χ1) is 15.0. The molecule has 0 aliphatic carbocycles. The van der Waals surface area contributed by atoms with Crippen LogP contribution in [-0.4, -0.2) is 20.9 Å². The van der Waals surface area contributed by atoms with Crippen molar-refractivity contribution in [1.29, 1.82) is 0 Å². The van der Waals surface area contributed by atoms with Crippen LogP contribution in [0.1, 0.15) is 11.1 Å². The summed E-state index contributed by atoms with van der Waals surface area (Å²) in [5, 5.41) is 5.84. The lowest BCUT2D eigenvalue weighted by atomic mass is 10.1. The first kappa shape index (κ1) is 19.5. The number of furan rings is 1. The van der Waals surface area contributed by atoms with Crippen molar-refractivity contribution in [3.8, 4) is 11.3 Å². The Morgan fingerprint density at radius 1 is 1.10 bits per heavy atom. The summed E-state index contributed by atoms with van der Waals surface area (Å²) in [6.45, 7) is 1.94. The van der Waals surface area contributed by atoms with Gasteiger partial charge in [0, 0.05) is 16.1 Å². The number of hydrogen-bond acceptors (Lipinski definition) is 5. The molecular formula is C23H14Cl2N4O2. The molecule has 3 heterocycles. The third kappa shape index (κ3) is 3.50. The smallest absolute Gasteiger partial charge is 0.317 e. The molecule has 0 bridgehead atoms. The van der Waals surface area contributed by atoms with Crippen molar-refractivity contribution in [3.63, 3.8) is 0 Å². The summed E-state index contributed by atoms with van der Waals surface area (Å²) in [5.41, 5.74) is 3.74. The monoisotopic (exact) mass is 448 g/mol. The van der Waals surface area contributed by atoms with Gasteiger partial charge in [-0.2, -0.15) is 9.78 Å². The van der Waals surface area contributed by atoms with Crippen molar-refractivity contribution >= 4 is 51.6 Å². The first-order valence-electron chi connectivity index (χ1n) is 9.37. The van der Waals surface area contributed by atoms with E-state index in [-0.39, 0.29) is 5.58 Å². The van der Waals surface area contributed by atoms with Crippen LogP contribution in [0.4, 0.5) is 0 Å². The zero-order chi connectivity index (χ0) is 21.5. The van der Waals surface area contributed by atoms with E-state index < -0.39 is 5.56 Å². The summed E-state index contributed by atoms with van der Waals surface area (Å²) in [7, 11) is 0. The number of halogens is 2. The maximum absolute atomic E-state index is 13.0. The van der Waals surface area contributed by atoms with Gasteiger partial charge in [0.15, 0.2) is 0 Å². The minimum absolute atomic E-state index is 0.0951. The fraction of sp³-hybridized carbons (Fsp3) is 0.0435. The molecule has 0 spiro atoms. The van der Waals surface area contributed by atoms with Crippen LogP contribution in [0.3, 0.4) is 0 Å². The number of rotatable bonds is 3. The van der Waals surface area contributed by atoms with Gasteiger partial charge in [-0.05, 0) is 30.7 Å². The summed E-state index contributed by atoms with van der Waals surface area (Å²) in [6.07, 6.45) is 2.82. The minimum Gasteiger partial charge on any atom is -0.430 e. The van der Waals surface area contributed by atoms with Crippen LogP contribution in [0.5, 0.6) is 0 Å². The van der Waals surface area contributed by atoms with Crippen molar-refractivity contribution < 1.29 is 4.42 Å². The van der Waals surface area contributed by atoms with Gasteiger partial charge >= 0.3 is 5.56 Å². The Kier molecular flexibility index (Phi) is 4.81. The SMILES string of the molecule is Cc1cc(-c2ccccc2)nc2oc3c(=O)n(/N=C/c4ccc(Cl)cc4Cl)cnc3c12. The van der Waals surface area contributed by atoms with Gasteiger partial charge in [0.25, 0.3) is 0 Å². The first-order valence-corrected chi connectivity index (χ1v) is 10.1. The van der Waals surface area contributed by atoms with Crippen molar-refractivity contribution in [2.75, 3.05) is 0 Å². The molecule has 5 aromatic rings. The number of nitrogens with zero attached hydrogens (tertiary/aromatic N) is 4. The van der Waals surface area contributed by atoms with Gasteiger partial charge < -0.3 is 4.42 Å². The van der Waals surface area contributed by atoms with E-state index in [1.807, 2.05) is 43.3 Å². The molecule has 2 aromatic carbocycles. The second-order valence-electron chi connectivity index (χ2n) is 6.96. The van der Waals surface area contributed by atoms with Crippen molar-refractivity contribution in [2.45, 2.75) is 6.92 Å². The van der Waals surface area contributed by atoms with E-state index in [1.54, 1.807) is 18.2 Å². The van der Waals surface area contributed by atoms with E-state index in [0.29, 0.717) is 32.2 Å². The van der Waals surface area contributed by atoms with Gasteiger partial charge in [0.2, 0.25) is 11.3 Å². The Morgan fingerprint density at radius 2 is 1.90 bits per heavy atom. The van der Waals surface area contributed by atoms with Gasteiger partial charge in [-0.25, -0.2) is 9.97 Å². The van der Waals surface area contributed by atoms with E-state index in [0.717, 1.165) is 21.5 Å². The van der Waals surface area contributed by atoms with Crippen molar-refractivity contribution in [3.05, 3.63) is 92.5 Å². The van der Waals surface area contributed by atoms with E-state index >= 15 is 0 Å². The molecule has 0 aliphatic rings. The van der Waals surface area contributed by atoms with Crippen LogP contribution >= 0.6 is 23.2 Å². The van der Waals surface area contributed by atoms with Gasteiger partial charge in [-0.3, -0.25) is 4.79 Å². The molecule has 31 heavy (non-hydrogen) atoms. The molecule has 0 fully saturated rings. The quantitative estimate of drug-likeness (QED) is 0.331. The Balaban J connectivity index is 1.63. The van der Waals surface area contributed by atoms with Crippen molar-refractivity contribution in [1.82, 2.24) is 14.6 Å². The molecule has 6 nitrogen and oxygen atoms in total. The molecule has 0 N–H and O–H groups in total. The van der Waals surface area contributed by atoms with Gasteiger partial charge in [0.05, 0.1) is 22.3 Å². The standard InChI is InChI=1S/C23H14Cl2N4O2/c1-13-9-18(14-5-3-2-4-6-14)28-22-19(13)20-21(31-22)23(30)29(12-26-20)27-11-15-7-8-16(24)10-17(15)25/h2-12H,1H3/b27-11+. The number of pyridine rings is 1. The van der Waals surface area contributed by atoms with Crippen LogP contribution < -0.4 is 5.56 Å². The summed E-state index contributed by atoms with van der Waals surface area (Å²) < 4.78 is 6.93. The number of aryl methyl sites for hydroxylation is 1. The number of benzene rings is 2. The predicted molar refractivity (Wildman–Crippen MR) is 123 cm³/mol. The number of hydrogen-bond donors (Lipinski definition) is 0. The Labute approximate surface area is 186 Å². The highest BCUT2D eigenvalue weighted by atomic mass is 35.5. The summed E-state index contributed by atoms with van der Waals surface area (Å²) in [4.78, 5) is 22.0. The fourth-order valence-corrected chi connectivity index (χ4v) is 3.83. The van der Waals surface area contributed by atoms with Crippen LogP contribution in [-0.2, 0) is 0 Å². The summed E-state index contributed by atoms with van der Waals surface area (Å²) in [5.74, 6) is 0. The molecule has 0 radical (unpaired) electrons. The number of aromatic nitrogens is 3. The largest absolute Gasteiger partial charge is 0.430 e. The van der Waals surface area contributed by atoms with Crippen LogP contribution in [0.25, 0.3) is 33.5 Å². The van der Waals surface area contributed by atoms with E-state index in [2.05, 4.69) is 15.1 Å². The lowest BCUT2D eigenvalue weighted by molar-refractivity contribution is 0.637. The second-order valence-corrected chi connectivity index (χ2v) is 7.80. The highest BCUT2D eigenvalue weighted by molar-refractivity contribution is 6.36. The van der Waals surface area contributed by atoms with Crippen LogP contribution in [0, 0.1) is 6.92 Å². The minimum atomic E-state index is -0.440. The van der Waals surface area contributed by atoms with E-state index in [9.17, 15) is 4.79 Å². The molecule has 0 amide bonds. The lowest BCUT2D eigenvalue weighted by Crippen LogP contribution is -2.16. The molecule has 0 aliphatic heterocycles. The molecule has 0 saturated carbocycles. The molecule has 3 aromatic heterocycles. The maximum atomic E-state index is 13.0. The maximum Gasteiger partial charge on any atom is 0.317 e. The second kappa shape index (κ2) is 7.65. The van der Waals surface area contributed by atoms with Gasteiger partial charge in [-0.15, -0.1) is 0 Å². The molecule has 5 rings (SSSR count). The Hall–Kier alpha value is -3.48.